The molecule has 0 fully saturated rings. The summed E-state index contributed by atoms with van der Waals surface area (Å²) in [4.78, 5) is 19.6. The van der Waals surface area contributed by atoms with Gasteiger partial charge in [-0.05, 0) is 60.0 Å². The zero-order valence-electron chi connectivity index (χ0n) is 24.2. The minimum absolute atomic E-state index is 0.0143. The lowest BCUT2D eigenvalue weighted by Gasteiger charge is -2.38. The topological polar surface area (TPSA) is 81.6 Å². The standard InChI is InChI=1S/C31H31ClF3N3O5/c1-18-26(29(39)43-5)27(21-9-7-11-23(32)15-21)37-30(38(18)17-19-8-6-10-22(12-19)31(33,34)35)36-16-20-13-24(40-2)28(42-4)25(14-20)41-3/h6-15,27H,16-17H2,1-5H3,(H,36,37). The summed E-state index contributed by atoms with van der Waals surface area (Å²) in [5.41, 5.74) is 1.69. The van der Waals surface area contributed by atoms with Crippen molar-refractivity contribution in [2.75, 3.05) is 28.4 Å². The molecule has 8 nitrogen and oxygen atoms in total. The Kier molecular flexibility index (Phi) is 9.75. The summed E-state index contributed by atoms with van der Waals surface area (Å²) in [5.74, 6) is 1.02. The Morgan fingerprint density at radius 2 is 1.63 bits per heavy atom. The van der Waals surface area contributed by atoms with Crippen LogP contribution in [-0.4, -0.2) is 45.3 Å². The Balaban J connectivity index is 1.84. The van der Waals surface area contributed by atoms with E-state index in [0.717, 1.165) is 12.1 Å². The molecule has 4 rings (SSSR count). The first-order chi connectivity index (χ1) is 20.5. The molecule has 0 aromatic heterocycles. The van der Waals surface area contributed by atoms with Crippen molar-refractivity contribution in [1.82, 2.24) is 10.2 Å². The highest BCUT2D eigenvalue weighted by atomic mass is 35.5. The van der Waals surface area contributed by atoms with Crippen LogP contribution in [0.25, 0.3) is 0 Å². The summed E-state index contributed by atoms with van der Waals surface area (Å²) >= 11 is 6.28. The fourth-order valence-electron chi connectivity index (χ4n) is 4.85. The molecule has 3 aromatic carbocycles. The van der Waals surface area contributed by atoms with Crippen molar-refractivity contribution >= 4 is 23.5 Å². The van der Waals surface area contributed by atoms with E-state index in [0.29, 0.717) is 50.6 Å². The van der Waals surface area contributed by atoms with E-state index in [9.17, 15) is 18.0 Å². The summed E-state index contributed by atoms with van der Waals surface area (Å²) < 4.78 is 62.0. The molecule has 0 amide bonds. The highest BCUT2D eigenvalue weighted by Crippen LogP contribution is 2.39. The molecule has 0 aliphatic carbocycles. The molecule has 1 heterocycles. The van der Waals surface area contributed by atoms with Gasteiger partial charge < -0.3 is 29.2 Å². The summed E-state index contributed by atoms with van der Waals surface area (Å²) in [6.45, 7) is 1.81. The molecular formula is C31H31ClF3N3O5. The van der Waals surface area contributed by atoms with Gasteiger partial charge in [0.05, 0.1) is 58.7 Å². The minimum Gasteiger partial charge on any atom is -0.493 e. The number of rotatable bonds is 9. The van der Waals surface area contributed by atoms with Crippen LogP contribution in [0.4, 0.5) is 13.2 Å². The first kappa shape index (κ1) is 31.6. The van der Waals surface area contributed by atoms with Gasteiger partial charge >= 0.3 is 12.1 Å². The molecule has 0 saturated heterocycles. The number of hydrogen-bond donors (Lipinski definition) is 1. The fourth-order valence-corrected chi connectivity index (χ4v) is 5.05. The van der Waals surface area contributed by atoms with Gasteiger partial charge in [-0.1, -0.05) is 35.9 Å². The van der Waals surface area contributed by atoms with Crippen molar-refractivity contribution in [3.8, 4) is 17.2 Å². The van der Waals surface area contributed by atoms with Crippen LogP contribution in [0.1, 0.15) is 35.2 Å². The van der Waals surface area contributed by atoms with Gasteiger partial charge in [-0.2, -0.15) is 13.2 Å². The second-order valence-corrected chi connectivity index (χ2v) is 10.0. The Morgan fingerprint density at radius 1 is 0.953 bits per heavy atom. The van der Waals surface area contributed by atoms with E-state index in [2.05, 4.69) is 5.32 Å². The van der Waals surface area contributed by atoms with Gasteiger partial charge in [0.1, 0.15) is 0 Å². The molecule has 228 valence electrons. The second kappa shape index (κ2) is 13.3. The van der Waals surface area contributed by atoms with E-state index >= 15 is 0 Å². The maximum atomic E-state index is 13.5. The van der Waals surface area contributed by atoms with Crippen LogP contribution in [0.5, 0.6) is 17.2 Å². The van der Waals surface area contributed by atoms with Gasteiger partial charge in [-0.3, -0.25) is 0 Å². The summed E-state index contributed by atoms with van der Waals surface area (Å²) in [5, 5.41) is 3.77. The van der Waals surface area contributed by atoms with Gasteiger partial charge in [0.15, 0.2) is 17.5 Å². The third-order valence-corrected chi connectivity index (χ3v) is 7.17. The zero-order chi connectivity index (χ0) is 31.3. The van der Waals surface area contributed by atoms with Gasteiger partial charge in [0.25, 0.3) is 0 Å². The lowest BCUT2D eigenvalue weighted by Crippen LogP contribution is -2.48. The number of esters is 1. The maximum Gasteiger partial charge on any atom is 0.416 e. The summed E-state index contributed by atoms with van der Waals surface area (Å²) in [6, 6.07) is 14.8. The fraction of sp³-hybridized carbons (Fsp3) is 0.290. The van der Waals surface area contributed by atoms with Crippen LogP contribution >= 0.6 is 11.6 Å². The third-order valence-electron chi connectivity index (χ3n) is 6.93. The van der Waals surface area contributed by atoms with Crippen molar-refractivity contribution in [2.45, 2.75) is 32.2 Å². The molecule has 0 radical (unpaired) electrons. The molecule has 0 bridgehead atoms. The normalized spacial score (nSPS) is 16.2. The Bertz CT molecular complexity index is 1530. The quantitative estimate of drug-likeness (QED) is 0.273. The van der Waals surface area contributed by atoms with E-state index in [1.165, 1.54) is 34.5 Å². The largest absolute Gasteiger partial charge is 0.493 e. The maximum absolute atomic E-state index is 13.5. The number of hydrogen-bond acceptors (Lipinski definition) is 6. The summed E-state index contributed by atoms with van der Waals surface area (Å²) in [6.07, 6.45) is -4.51. The number of aliphatic imine (C=N–C) groups is 1. The second-order valence-electron chi connectivity index (χ2n) is 9.58. The van der Waals surface area contributed by atoms with E-state index in [-0.39, 0.29) is 18.7 Å². The number of methoxy groups -OCH3 is 4. The molecule has 43 heavy (non-hydrogen) atoms. The van der Waals surface area contributed by atoms with E-state index < -0.39 is 23.8 Å². The van der Waals surface area contributed by atoms with E-state index in [1.54, 1.807) is 54.3 Å². The van der Waals surface area contributed by atoms with Gasteiger partial charge in [-0.15, -0.1) is 0 Å². The molecule has 3 aromatic rings. The van der Waals surface area contributed by atoms with Crippen LogP contribution in [0.2, 0.25) is 5.02 Å². The van der Waals surface area contributed by atoms with Crippen LogP contribution < -0.4 is 19.5 Å². The number of halogens is 4. The number of benzene rings is 3. The molecule has 0 saturated carbocycles. The molecule has 1 N–H and O–H groups in total. The molecule has 1 unspecified atom stereocenters. The van der Waals surface area contributed by atoms with Crippen molar-refractivity contribution in [3.05, 3.63) is 99.2 Å². The summed E-state index contributed by atoms with van der Waals surface area (Å²) in [7, 11) is 5.78. The Labute approximate surface area is 252 Å². The van der Waals surface area contributed by atoms with Crippen LogP contribution in [0.3, 0.4) is 0 Å². The van der Waals surface area contributed by atoms with Crippen molar-refractivity contribution in [1.29, 1.82) is 0 Å². The van der Waals surface area contributed by atoms with Gasteiger partial charge in [0, 0.05) is 10.7 Å². The average molecular weight is 618 g/mol. The lowest BCUT2D eigenvalue weighted by atomic mass is 9.94. The van der Waals surface area contributed by atoms with Gasteiger partial charge in [0.2, 0.25) is 5.75 Å². The number of carbonyl (C=O) groups excluding carboxylic acids is 1. The first-order valence-corrected chi connectivity index (χ1v) is 13.5. The predicted molar refractivity (Wildman–Crippen MR) is 156 cm³/mol. The SMILES string of the molecule is COC(=O)C1=C(C)N(Cc2cccc(C(F)(F)F)c2)C(=NCc2cc(OC)c(OC)c(OC)c2)NC1c1cccc(Cl)c1. The number of nitrogens with one attached hydrogen (secondary N) is 1. The first-order valence-electron chi connectivity index (χ1n) is 13.1. The number of allylic oxidation sites excluding steroid dienone is 1. The van der Waals surface area contributed by atoms with Crippen LogP contribution in [0.15, 0.2) is 76.9 Å². The number of alkyl halides is 3. The number of nitrogens with zero attached hydrogens (tertiary/aromatic N) is 2. The minimum atomic E-state index is -4.51. The number of carbonyl (C=O) groups is 1. The smallest absolute Gasteiger partial charge is 0.416 e. The molecule has 1 aliphatic heterocycles. The Hall–Kier alpha value is -4.38. The molecule has 1 atom stereocenters. The highest BCUT2D eigenvalue weighted by molar-refractivity contribution is 6.30. The third kappa shape index (κ3) is 6.99. The van der Waals surface area contributed by atoms with Gasteiger partial charge in [-0.25, -0.2) is 9.79 Å². The average Bonchev–Trinajstić information content (AvgIpc) is 2.99. The number of guanidine groups is 1. The predicted octanol–water partition coefficient (Wildman–Crippen LogP) is 6.53. The monoisotopic (exact) mass is 617 g/mol. The zero-order valence-corrected chi connectivity index (χ0v) is 25.0. The molecule has 1 aliphatic rings. The Morgan fingerprint density at radius 3 is 2.21 bits per heavy atom. The molecular weight excluding hydrogens is 587 g/mol. The van der Waals surface area contributed by atoms with E-state index in [1.807, 2.05) is 0 Å². The van der Waals surface area contributed by atoms with Crippen LogP contribution in [0, 0.1) is 0 Å². The molecule has 0 spiro atoms. The lowest BCUT2D eigenvalue weighted by molar-refractivity contribution is -0.138. The van der Waals surface area contributed by atoms with Crippen molar-refractivity contribution in [3.63, 3.8) is 0 Å². The van der Waals surface area contributed by atoms with E-state index in [4.69, 9.17) is 35.5 Å². The van der Waals surface area contributed by atoms with Crippen molar-refractivity contribution in [2.24, 2.45) is 4.99 Å². The van der Waals surface area contributed by atoms with Crippen molar-refractivity contribution < 1.29 is 36.9 Å². The highest BCUT2D eigenvalue weighted by Gasteiger charge is 2.36. The van der Waals surface area contributed by atoms with Crippen LogP contribution in [-0.2, 0) is 28.8 Å². The number of ether oxygens (including phenoxy) is 4. The molecule has 12 heteroatoms.